The highest BCUT2D eigenvalue weighted by Crippen LogP contribution is 2.33. The third-order valence-corrected chi connectivity index (χ3v) is 4.11. The maximum absolute atomic E-state index is 11.5. The van der Waals surface area contributed by atoms with Crippen LogP contribution >= 0.6 is 11.5 Å². The van der Waals surface area contributed by atoms with Crippen LogP contribution in [0.3, 0.4) is 0 Å². The number of ether oxygens (including phenoxy) is 1. The van der Waals surface area contributed by atoms with Crippen molar-refractivity contribution < 1.29 is 9.53 Å². The molecule has 0 saturated heterocycles. The van der Waals surface area contributed by atoms with Gasteiger partial charge in [0.25, 0.3) is 5.91 Å². The molecule has 0 aliphatic carbocycles. The highest BCUT2D eigenvalue weighted by molar-refractivity contribution is 7.11. The molecule has 0 saturated carbocycles. The van der Waals surface area contributed by atoms with Gasteiger partial charge in [-0.3, -0.25) is 4.79 Å². The van der Waals surface area contributed by atoms with Crippen molar-refractivity contribution in [3.8, 4) is 5.75 Å². The number of carbonyl (C=O) groups is 1. The van der Waals surface area contributed by atoms with E-state index < -0.39 is 5.91 Å². The SMILES string of the molecule is NC(=O)c1c(N)nsc1N1CCOc2ccccc2C1. The minimum Gasteiger partial charge on any atom is -0.491 e. The molecule has 0 radical (unpaired) electrons. The molecular formula is C13H14N4O2S. The second-order valence-electron chi connectivity index (χ2n) is 4.49. The lowest BCUT2D eigenvalue weighted by Crippen LogP contribution is -2.27. The summed E-state index contributed by atoms with van der Waals surface area (Å²) in [4.78, 5) is 13.6. The lowest BCUT2D eigenvalue weighted by molar-refractivity contribution is 0.100. The number of nitrogen functional groups attached to an aromatic ring is 1. The first kappa shape index (κ1) is 12.7. The van der Waals surface area contributed by atoms with Gasteiger partial charge in [-0.1, -0.05) is 18.2 Å². The summed E-state index contributed by atoms with van der Waals surface area (Å²) in [6, 6.07) is 7.84. The minimum absolute atomic E-state index is 0.191. The first-order valence-electron chi connectivity index (χ1n) is 6.17. The van der Waals surface area contributed by atoms with Crippen LogP contribution in [-0.2, 0) is 6.54 Å². The molecule has 0 unspecified atom stereocenters. The van der Waals surface area contributed by atoms with Crippen molar-refractivity contribution in [3.63, 3.8) is 0 Å². The smallest absolute Gasteiger partial charge is 0.255 e. The van der Waals surface area contributed by atoms with Crippen LogP contribution in [0.15, 0.2) is 24.3 Å². The van der Waals surface area contributed by atoms with Gasteiger partial charge in [0.05, 0.1) is 6.54 Å². The van der Waals surface area contributed by atoms with Crippen molar-refractivity contribution >= 4 is 28.3 Å². The monoisotopic (exact) mass is 290 g/mol. The lowest BCUT2D eigenvalue weighted by Gasteiger charge is -2.20. The second-order valence-corrected chi connectivity index (χ2v) is 5.24. The molecule has 1 aliphatic rings. The van der Waals surface area contributed by atoms with Gasteiger partial charge in [-0.05, 0) is 17.6 Å². The van der Waals surface area contributed by atoms with Crippen molar-refractivity contribution in [2.24, 2.45) is 5.73 Å². The Balaban J connectivity index is 1.98. The fraction of sp³-hybridized carbons (Fsp3) is 0.231. The van der Waals surface area contributed by atoms with E-state index in [0.717, 1.165) is 11.3 Å². The van der Waals surface area contributed by atoms with Crippen LogP contribution in [0.4, 0.5) is 10.8 Å². The summed E-state index contributed by atoms with van der Waals surface area (Å²) in [5, 5.41) is 0.704. The average molecular weight is 290 g/mol. The summed E-state index contributed by atoms with van der Waals surface area (Å²) in [6.07, 6.45) is 0. The summed E-state index contributed by atoms with van der Waals surface area (Å²) >= 11 is 1.19. The first-order chi connectivity index (χ1) is 9.66. The topological polar surface area (TPSA) is 94.5 Å². The van der Waals surface area contributed by atoms with E-state index in [2.05, 4.69) is 4.37 Å². The lowest BCUT2D eigenvalue weighted by atomic mass is 10.2. The average Bonchev–Trinajstić information content (AvgIpc) is 2.69. The Labute approximate surface area is 120 Å². The molecule has 0 atom stereocenters. The predicted molar refractivity (Wildman–Crippen MR) is 78.0 cm³/mol. The standard InChI is InChI=1S/C13H14N4O2S/c14-11-10(12(15)18)13(20-16-11)17-5-6-19-9-4-2-1-3-8(9)7-17/h1-4H,5-7H2,(H2,14,16)(H2,15,18). The van der Waals surface area contributed by atoms with Crippen LogP contribution in [0.2, 0.25) is 0 Å². The zero-order valence-corrected chi connectivity index (χ0v) is 11.5. The van der Waals surface area contributed by atoms with Gasteiger partial charge in [0.2, 0.25) is 0 Å². The number of para-hydroxylation sites is 1. The highest BCUT2D eigenvalue weighted by Gasteiger charge is 2.24. The molecular weight excluding hydrogens is 276 g/mol. The minimum atomic E-state index is -0.551. The molecule has 1 aliphatic heterocycles. The normalized spacial score (nSPS) is 14.3. The van der Waals surface area contributed by atoms with E-state index in [1.54, 1.807) is 0 Å². The van der Waals surface area contributed by atoms with Crippen molar-refractivity contribution in [2.75, 3.05) is 23.8 Å². The number of benzene rings is 1. The van der Waals surface area contributed by atoms with Gasteiger partial charge < -0.3 is 21.1 Å². The van der Waals surface area contributed by atoms with Crippen LogP contribution in [0.5, 0.6) is 5.75 Å². The molecule has 1 aromatic carbocycles. The van der Waals surface area contributed by atoms with Gasteiger partial charge in [0, 0.05) is 12.1 Å². The number of anilines is 2. The Morgan fingerprint density at radius 2 is 2.20 bits per heavy atom. The van der Waals surface area contributed by atoms with Gasteiger partial charge in [-0.15, -0.1) is 0 Å². The third-order valence-electron chi connectivity index (χ3n) is 3.19. The van der Waals surface area contributed by atoms with Gasteiger partial charge >= 0.3 is 0 Å². The highest BCUT2D eigenvalue weighted by atomic mass is 32.1. The number of hydrogen-bond acceptors (Lipinski definition) is 6. The Kier molecular flexibility index (Phi) is 3.19. The van der Waals surface area contributed by atoms with Crippen LogP contribution in [-0.4, -0.2) is 23.4 Å². The Bertz CT molecular complexity index is 656. The predicted octanol–water partition coefficient (Wildman–Crippen LogP) is 1.22. The number of fused-ring (bicyclic) bond motifs is 1. The molecule has 0 spiro atoms. The maximum Gasteiger partial charge on any atom is 0.255 e. The molecule has 1 aromatic heterocycles. The number of nitrogens with zero attached hydrogens (tertiary/aromatic N) is 2. The zero-order valence-electron chi connectivity index (χ0n) is 10.7. The molecule has 2 aromatic rings. The van der Waals surface area contributed by atoms with Gasteiger partial charge in [-0.25, -0.2) is 0 Å². The largest absolute Gasteiger partial charge is 0.491 e. The van der Waals surface area contributed by atoms with Crippen LogP contribution in [0.25, 0.3) is 0 Å². The molecule has 1 amide bonds. The molecule has 7 heteroatoms. The quantitative estimate of drug-likeness (QED) is 0.867. The summed E-state index contributed by atoms with van der Waals surface area (Å²) in [7, 11) is 0. The number of hydrogen-bond donors (Lipinski definition) is 2. The van der Waals surface area contributed by atoms with Gasteiger partial charge in [-0.2, -0.15) is 4.37 Å². The number of rotatable bonds is 2. The Morgan fingerprint density at radius 1 is 1.40 bits per heavy atom. The van der Waals surface area contributed by atoms with E-state index in [1.165, 1.54) is 11.5 Å². The zero-order chi connectivity index (χ0) is 14.1. The van der Waals surface area contributed by atoms with E-state index in [1.807, 2.05) is 29.2 Å². The molecule has 104 valence electrons. The molecule has 3 rings (SSSR count). The van der Waals surface area contributed by atoms with Crippen LogP contribution in [0, 0.1) is 0 Å². The van der Waals surface area contributed by atoms with Gasteiger partial charge in [0.15, 0.2) is 5.82 Å². The van der Waals surface area contributed by atoms with Crippen molar-refractivity contribution in [2.45, 2.75) is 6.54 Å². The number of carbonyl (C=O) groups excluding carboxylic acids is 1. The summed E-state index contributed by atoms with van der Waals surface area (Å²) < 4.78 is 9.74. The molecule has 6 nitrogen and oxygen atoms in total. The number of aromatic nitrogens is 1. The van der Waals surface area contributed by atoms with E-state index in [0.29, 0.717) is 30.3 Å². The van der Waals surface area contributed by atoms with Crippen molar-refractivity contribution in [1.82, 2.24) is 4.37 Å². The number of primary amides is 1. The van der Waals surface area contributed by atoms with E-state index in [9.17, 15) is 4.79 Å². The second kappa shape index (κ2) is 5.01. The number of amides is 1. The molecule has 2 heterocycles. The van der Waals surface area contributed by atoms with Crippen molar-refractivity contribution in [1.29, 1.82) is 0 Å². The van der Waals surface area contributed by atoms with Crippen LogP contribution < -0.4 is 21.1 Å². The fourth-order valence-corrected chi connectivity index (χ4v) is 3.08. The maximum atomic E-state index is 11.5. The van der Waals surface area contributed by atoms with E-state index in [4.69, 9.17) is 16.2 Å². The molecule has 0 fully saturated rings. The van der Waals surface area contributed by atoms with E-state index >= 15 is 0 Å². The Hall–Kier alpha value is -2.28. The van der Waals surface area contributed by atoms with Crippen LogP contribution in [0.1, 0.15) is 15.9 Å². The fourth-order valence-electron chi connectivity index (χ4n) is 2.24. The summed E-state index contributed by atoms with van der Waals surface area (Å²) in [6.45, 7) is 1.82. The molecule has 4 N–H and O–H groups in total. The van der Waals surface area contributed by atoms with E-state index in [-0.39, 0.29) is 5.82 Å². The first-order valence-corrected chi connectivity index (χ1v) is 6.94. The third kappa shape index (κ3) is 2.16. The summed E-state index contributed by atoms with van der Waals surface area (Å²) in [5.74, 6) is 0.508. The van der Waals surface area contributed by atoms with Gasteiger partial charge in [0.1, 0.15) is 22.9 Å². The molecule has 0 bridgehead atoms. The van der Waals surface area contributed by atoms with Crippen molar-refractivity contribution in [3.05, 3.63) is 35.4 Å². The number of nitrogens with two attached hydrogens (primary N) is 2. The molecule has 20 heavy (non-hydrogen) atoms. The Morgan fingerprint density at radius 3 is 3.00 bits per heavy atom. The summed E-state index contributed by atoms with van der Waals surface area (Å²) in [5.41, 5.74) is 12.5.